The summed E-state index contributed by atoms with van der Waals surface area (Å²) in [5.41, 5.74) is 2.34. The van der Waals surface area contributed by atoms with E-state index in [1.54, 1.807) is 24.3 Å². The van der Waals surface area contributed by atoms with Crippen LogP contribution in [-0.2, 0) is 10.0 Å². The molecule has 6 heteroatoms. The second-order valence-electron chi connectivity index (χ2n) is 5.64. The maximum atomic E-state index is 13.3. The molecule has 0 aliphatic carbocycles. The van der Waals surface area contributed by atoms with Crippen LogP contribution in [0.25, 0.3) is 21.8 Å². The summed E-state index contributed by atoms with van der Waals surface area (Å²) >= 11 is 7.10. The number of hydrogen-bond donors (Lipinski definition) is 0. The molecule has 0 unspecified atom stereocenters. The number of nitrogens with zero attached hydrogens (tertiary/aromatic N) is 1. The van der Waals surface area contributed by atoms with Crippen molar-refractivity contribution >= 4 is 63.7 Å². The topological polar surface area (TPSA) is 39.1 Å². The average Bonchev–Trinajstić information content (AvgIpc) is 2.97. The van der Waals surface area contributed by atoms with E-state index in [9.17, 15) is 8.42 Å². The molecule has 0 saturated heterocycles. The minimum Gasteiger partial charge on any atom is -0.233 e. The van der Waals surface area contributed by atoms with Crippen LogP contribution < -0.4 is 0 Å². The Balaban J connectivity index is 2.20. The highest BCUT2D eigenvalue weighted by Gasteiger charge is 2.24. The van der Waals surface area contributed by atoms with Crippen LogP contribution in [0.4, 0.5) is 0 Å². The molecule has 3 aromatic carbocycles. The van der Waals surface area contributed by atoms with Gasteiger partial charge in [0.05, 0.1) is 19.7 Å². The van der Waals surface area contributed by atoms with Crippen molar-refractivity contribution < 1.29 is 8.42 Å². The summed E-state index contributed by atoms with van der Waals surface area (Å²) in [6.07, 6.45) is 0. The largest absolute Gasteiger partial charge is 0.268 e. The molecule has 0 N–H and O–H groups in total. The van der Waals surface area contributed by atoms with Gasteiger partial charge in [0.1, 0.15) is 0 Å². The van der Waals surface area contributed by atoms with E-state index in [1.165, 1.54) is 3.97 Å². The number of halogens is 2. The lowest BCUT2D eigenvalue weighted by atomic mass is 10.1. The van der Waals surface area contributed by atoms with E-state index >= 15 is 0 Å². The minimum atomic E-state index is -3.71. The molecule has 0 fully saturated rings. The number of rotatable bonds is 3. The highest BCUT2D eigenvalue weighted by atomic mass is 79.9. The number of hydrogen-bond acceptors (Lipinski definition) is 2. The number of aromatic nitrogens is 1. The highest BCUT2D eigenvalue weighted by molar-refractivity contribution is 9.24. The van der Waals surface area contributed by atoms with Crippen LogP contribution in [0.2, 0.25) is 0 Å². The van der Waals surface area contributed by atoms with Gasteiger partial charge in [0.25, 0.3) is 10.0 Å². The van der Waals surface area contributed by atoms with Gasteiger partial charge in [-0.05, 0) is 29.8 Å². The molecule has 0 aliphatic rings. The fourth-order valence-corrected chi connectivity index (χ4v) is 5.45. The van der Waals surface area contributed by atoms with Crippen LogP contribution in [0.15, 0.2) is 77.7 Å². The zero-order chi connectivity index (χ0) is 17.6. The van der Waals surface area contributed by atoms with Crippen molar-refractivity contribution in [3.8, 4) is 0 Å². The SMILES string of the molecule is O=S(=O)(c1ccccc1)n1c2ccccc2c2c(C(Br)Br)cccc21. The molecule has 25 heavy (non-hydrogen) atoms. The Bertz CT molecular complexity index is 1180. The maximum Gasteiger partial charge on any atom is 0.268 e. The molecule has 126 valence electrons. The molecular formula is C19H13Br2NO2S. The van der Waals surface area contributed by atoms with Crippen molar-refractivity contribution in [2.24, 2.45) is 0 Å². The molecule has 1 heterocycles. The zero-order valence-corrected chi connectivity index (χ0v) is 16.9. The van der Waals surface area contributed by atoms with Crippen LogP contribution in [0, 0.1) is 0 Å². The zero-order valence-electron chi connectivity index (χ0n) is 12.9. The van der Waals surface area contributed by atoms with Gasteiger partial charge in [0.2, 0.25) is 0 Å². The molecule has 0 amide bonds. The Kier molecular flexibility index (Phi) is 4.22. The Morgan fingerprint density at radius 1 is 0.760 bits per heavy atom. The lowest BCUT2D eigenvalue weighted by molar-refractivity contribution is 0.590. The maximum absolute atomic E-state index is 13.3. The van der Waals surface area contributed by atoms with Crippen LogP contribution in [-0.4, -0.2) is 12.4 Å². The number of alkyl halides is 2. The quantitative estimate of drug-likeness (QED) is 0.348. The third kappa shape index (κ3) is 2.63. The van der Waals surface area contributed by atoms with Crippen LogP contribution >= 0.6 is 31.9 Å². The van der Waals surface area contributed by atoms with Crippen LogP contribution in [0.5, 0.6) is 0 Å². The summed E-state index contributed by atoms with van der Waals surface area (Å²) in [5, 5.41) is 1.84. The Morgan fingerprint density at radius 2 is 1.40 bits per heavy atom. The van der Waals surface area contributed by atoms with Gasteiger partial charge in [-0.15, -0.1) is 0 Å². The third-order valence-corrected chi connectivity index (χ3v) is 6.93. The lowest BCUT2D eigenvalue weighted by Gasteiger charge is -2.10. The van der Waals surface area contributed by atoms with Gasteiger partial charge >= 0.3 is 0 Å². The Hall–Kier alpha value is -1.63. The average molecular weight is 479 g/mol. The first-order valence-electron chi connectivity index (χ1n) is 7.62. The molecular weight excluding hydrogens is 466 g/mol. The first-order valence-corrected chi connectivity index (χ1v) is 10.9. The van der Waals surface area contributed by atoms with E-state index in [0.29, 0.717) is 11.0 Å². The summed E-state index contributed by atoms with van der Waals surface area (Å²) in [6.45, 7) is 0. The molecule has 4 rings (SSSR count). The first-order chi connectivity index (χ1) is 12.0. The second-order valence-corrected chi connectivity index (χ2v) is 10.5. The first kappa shape index (κ1) is 16.8. The van der Waals surface area contributed by atoms with Crippen molar-refractivity contribution in [3.63, 3.8) is 0 Å². The molecule has 0 aliphatic heterocycles. The van der Waals surface area contributed by atoms with Crippen molar-refractivity contribution in [1.82, 2.24) is 3.97 Å². The number of benzene rings is 3. The summed E-state index contributed by atoms with van der Waals surface area (Å²) in [5.74, 6) is 0. The monoisotopic (exact) mass is 477 g/mol. The molecule has 0 spiro atoms. The lowest BCUT2D eigenvalue weighted by Crippen LogP contribution is -2.12. The van der Waals surface area contributed by atoms with Gasteiger partial charge < -0.3 is 0 Å². The molecule has 0 atom stereocenters. The fraction of sp³-hybridized carbons (Fsp3) is 0.0526. The summed E-state index contributed by atoms with van der Waals surface area (Å²) in [7, 11) is -3.71. The van der Waals surface area contributed by atoms with Crippen molar-refractivity contribution in [2.45, 2.75) is 8.63 Å². The molecule has 3 nitrogen and oxygen atoms in total. The normalized spacial score (nSPS) is 12.3. The molecule has 1 aromatic heterocycles. The van der Waals surface area contributed by atoms with Gasteiger partial charge in [-0.3, -0.25) is 0 Å². The summed E-state index contributed by atoms with van der Waals surface area (Å²) in [6, 6.07) is 21.8. The van der Waals surface area contributed by atoms with Gasteiger partial charge in [-0.1, -0.05) is 80.4 Å². The molecule has 0 bridgehead atoms. The standard InChI is InChI=1S/C19H13Br2NO2S/c20-19(21)15-10-6-12-17-18(15)14-9-4-5-11-16(14)22(17)25(23,24)13-7-2-1-3-8-13/h1-12,19H. The predicted molar refractivity (Wildman–Crippen MR) is 109 cm³/mol. The van der Waals surface area contributed by atoms with E-state index in [4.69, 9.17) is 0 Å². The van der Waals surface area contributed by atoms with Gasteiger partial charge in [-0.2, -0.15) is 0 Å². The minimum absolute atomic E-state index is 0.0672. The smallest absolute Gasteiger partial charge is 0.233 e. The Morgan fingerprint density at radius 3 is 2.12 bits per heavy atom. The van der Waals surface area contributed by atoms with Crippen LogP contribution in [0.3, 0.4) is 0 Å². The summed E-state index contributed by atoms with van der Waals surface area (Å²) < 4.78 is 28.1. The predicted octanol–water partition coefficient (Wildman–Crippen LogP) is 5.82. The van der Waals surface area contributed by atoms with Crippen molar-refractivity contribution in [3.05, 3.63) is 78.4 Å². The second kappa shape index (κ2) is 6.27. The third-order valence-electron chi connectivity index (χ3n) is 4.20. The van der Waals surface area contributed by atoms with Gasteiger partial charge in [-0.25, -0.2) is 12.4 Å². The van der Waals surface area contributed by atoms with E-state index in [-0.39, 0.29) is 8.63 Å². The summed E-state index contributed by atoms with van der Waals surface area (Å²) in [4.78, 5) is 0.275. The van der Waals surface area contributed by atoms with E-state index in [0.717, 1.165) is 16.3 Å². The van der Waals surface area contributed by atoms with Crippen molar-refractivity contribution in [1.29, 1.82) is 0 Å². The van der Waals surface area contributed by atoms with E-state index < -0.39 is 10.0 Å². The molecule has 4 aromatic rings. The molecule has 0 radical (unpaired) electrons. The van der Waals surface area contributed by atoms with E-state index in [2.05, 4.69) is 31.9 Å². The number of fused-ring (bicyclic) bond motifs is 3. The number of para-hydroxylation sites is 1. The highest BCUT2D eigenvalue weighted by Crippen LogP contribution is 2.40. The van der Waals surface area contributed by atoms with Gasteiger partial charge in [0.15, 0.2) is 0 Å². The Labute approximate surface area is 162 Å². The van der Waals surface area contributed by atoms with Crippen LogP contribution in [0.1, 0.15) is 9.30 Å². The fourth-order valence-electron chi connectivity index (χ4n) is 3.15. The van der Waals surface area contributed by atoms with Gasteiger partial charge in [0, 0.05) is 10.8 Å². The van der Waals surface area contributed by atoms with Crippen molar-refractivity contribution in [2.75, 3.05) is 0 Å². The molecule has 0 saturated carbocycles. The van der Waals surface area contributed by atoms with E-state index in [1.807, 2.05) is 48.5 Å².